The number of nitrogens with zero attached hydrogens (tertiary/aromatic N) is 2. The van der Waals surface area contributed by atoms with Crippen molar-refractivity contribution in [3.8, 4) is 6.01 Å². The first-order valence-corrected chi connectivity index (χ1v) is 3.08. The molecule has 0 radical (unpaired) electrons. The van der Waals surface area contributed by atoms with Gasteiger partial charge >= 0.3 is 12.4 Å². The Morgan fingerprint density at radius 1 is 1.25 bits per heavy atom. The van der Waals surface area contributed by atoms with Gasteiger partial charge in [-0.3, -0.25) is 0 Å². The molecule has 0 fully saturated rings. The van der Waals surface area contributed by atoms with Gasteiger partial charge in [0.2, 0.25) is 0 Å². The van der Waals surface area contributed by atoms with Gasteiger partial charge in [0.1, 0.15) is 0 Å². The topological polar surface area (TPSA) is 35.0 Å². The maximum atomic E-state index is 11.5. The van der Waals surface area contributed by atoms with E-state index in [4.69, 9.17) is 11.6 Å². The number of rotatable bonds is 1. The van der Waals surface area contributed by atoms with E-state index in [1.54, 1.807) is 0 Å². The molecule has 0 atom stereocenters. The molecule has 0 amide bonds. The second kappa shape index (κ2) is 3.14. The van der Waals surface area contributed by atoms with Crippen LogP contribution < -0.4 is 4.74 Å². The Morgan fingerprint density at radius 3 is 2.17 bits per heavy atom. The van der Waals surface area contributed by atoms with Crippen LogP contribution in [-0.2, 0) is 0 Å². The van der Waals surface area contributed by atoms with Crippen molar-refractivity contribution in [2.45, 2.75) is 6.36 Å². The first-order valence-electron chi connectivity index (χ1n) is 2.71. The fourth-order valence-corrected chi connectivity index (χ4v) is 0.554. The van der Waals surface area contributed by atoms with Crippen molar-refractivity contribution in [3.05, 3.63) is 17.4 Å². The number of hydrogen-bond acceptors (Lipinski definition) is 3. The van der Waals surface area contributed by atoms with E-state index < -0.39 is 12.4 Å². The number of hydrogen-bond donors (Lipinski definition) is 0. The van der Waals surface area contributed by atoms with Gasteiger partial charge in [-0.2, -0.15) is 0 Å². The highest BCUT2D eigenvalue weighted by Crippen LogP contribution is 2.18. The zero-order chi connectivity index (χ0) is 9.19. The van der Waals surface area contributed by atoms with Gasteiger partial charge < -0.3 is 4.74 Å². The van der Waals surface area contributed by atoms with Crippen molar-refractivity contribution in [1.82, 2.24) is 9.97 Å². The Morgan fingerprint density at radius 2 is 1.75 bits per heavy atom. The van der Waals surface area contributed by atoms with Crippen LogP contribution in [0.15, 0.2) is 12.4 Å². The van der Waals surface area contributed by atoms with E-state index in [0.29, 0.717) is 0 Å². The summed E-state index contributed by atoms with van der Waals surface area (Å²) in [6.45, 7) is 0. The fourth-order valence-electron chi connectivity index (χ4n) is 0.457. The summed E-state index contributed by atoms with van der Waals surface area (Å²) in [6, 6.07) is -0.771. The molecule has 0 unspecified atom stereocenters. The molecule has 0 aromatic carbocycles. The van der Waals surface area contributed by atoms with Crippen LogP contribution in [0, 0.1) is 0 Å². The van der Waals surface area contributed by atoms with Crippen LogP contribution in [0.25, 0.3) is 0 Å². The third-order valence-corrected chi connectivity index (χ3v) is 0.999. The Balaban J connectivity index is 2.71. The molecule has 0 saturated carbocycles. The van der Waals surface area contributed by atoms with Gasteiger partial charge in [0.05, 0.1) is 17.4 Å². The zero-order valence-corrected chi connectivity index (χ0v) is 6.23. The minimum atomic E-state index is -4.77. The average molecular weight is 199 g/mol. The van der Waals surface area contributed by atoms with Crippen LogP contribution in [0.4, 0.5) is 13.2 Å². The molecule has 0 N–H and O–H groups in total. The van der Waals surface area contributed by atoms with E-state index in [9.17, 15) is 13.2 Å². The molecule has 0 aliphatic carbocycles. The van der Waals surface area contributed by atoms with Gasteiger partial charge in [-0.15, -0.1) is 13.2 Å². The molecular formula is C5H2ClF3N2O. The Kier molecular flexibility index (Phi) is 2.37. The van der Waals surface area contributed by atoms with Gasteiger partial charge in [0.25, 0.3) is 0 Å². The van der Waals surface area contributed by atoms with E-state index in [-0.39, 0.29) is 5.02 Å². The van der Waals surface area contributed by atoms with Crippen LogP contribution >= 0.6 is 11.6 Å². The highest BCUT2D eigenvalue weighted by Gasteiger charge is 2.32. The van der Waals surface area contributed by atoms with Crippen molar-refractivity contribution in [3.63, 3.8) is 0 Å². The van der Waals surface area contributed by atoms with Crippen molar-refractivity contribution in [2.75, 3.05) is 0 Å². The lowest BCUT2D eigenvalue weighted by molar-refractivity contribution is -0.277. The SMILES string of the molecule is FC(F)(F)Oc1ncc(Cl)cn1. The summed E-state index contributed by atoms with van der Waals surface area (Å²) in [5.74, 6) is 0. The zero-order valence-electron chi connectivity index (χ0n) is 5.47. The van der Waals surface area contributed by atoms with Crippen LogP contribution in [0.1, 0.15) is 0 Å². The van der Waals surface area contributed by atoms with Crippen LogP contribution in [-0.4, -0.2) is 16.3 Å². The van der Waals surface area contributed by atoms with Gasteiger partial charge in [0, 0.05) is 0 Å². The number of ether oxygens (including phenoxy) is 1. The molecule has 1 heterocycles. The number of halogens is 4. The normalized spacial score (nSPS) is 11.3. The number of alkyl halides is 3. The predicted molar refractivity (Wildman–Crippen MR) is 33.7 cm³/mol. The summed E-state index contributed by atoms with van der Waals surface area (Å²) >= 11 is 5.32. The van der Waals surface area contributed by atoms with E-state index in [1.807, 2.05) is 0 Å². The summed E-state index contributed by atoms with van der Waals surface area (Å²) in [5.41, 5.74) is 0. The van der Waals surface area contributed by atoms with Gasteiger partial charge in [0.15, 0.2) is 0 Å². The molecule has 0 aliphatic rings. The summed E-state index contributed by atoms with van der Waals surface area (Å²) in [4.78, 5) is 6.36. The first kappa shape index (κ1) is 9.05. The maximum absolute atomic E-state index is 11.5. The molecule has 1 aromatic heterocycles. The smallest absolute Gasteiger partial charge is 0.371 e. The highest BCUT2D eigenvalue weighted by molar-refractivity contribution is 6.30. The van der Waals surface area contributed by atoms with E-state index >= 15 is 0 Å². The van der Waals surface area contributed by atoms with Crippen molar-refractivity contribution in [1.29, 1.82) is 0 Å². The Hall–Kier alpha value is -1.04. The molecule has 12 heavy (non-hydrogen) atoms. The van der Waals surface area contributed by atoms with E-state index in [0.717, 1.165) is 12.4 Å². The second-order valence-corrected chi connectivity index (χ2v) is 2.17. The van der Waals surface area contributed by atoms with E-state index in [2.05, 4.69) is 14.7 Å². The summed E-state index contributed by atoms with van der Waals surface area (Å²) in [7, 11) is 0. The molecule has 0 aliphatic heterocycles. The highest BCUT2D eigenvalue weighted by atomic mass is 35.5. The molecule has 0 bridgehead atoms. The Labute approximate surface area is 70.1 Å². The quantitative estimate of drug-likeness (QED) is 0.693. The summed E-state index contributed by atoms with van der Waals surface area (Å²) < 4.78 is 37.9. The molecule has 1 rings (SSSR count). The van der Waals surface area contributed by atoms with Crippen LogP contribution in [0.5, 0.6) is 6.01 Å². The second-order valence-electron chi connectivity index (χ2n) is 1.73. The maximum Gasteiger partial charge on any atom is 0.575 e. The van der Waals surface area contributed by atoms with Gasteiger partial charge in [-0.25, -0.2) is 9.97 Å². The number of aromatic nitrogens is 2. The molecule has 7 heteroatoms. The molecule has 3 nitrogen and oxygen atoms in total. The molecular weight excluding hydrogens is 197 g/mol. The third kappa shape index (κ3) is 2.91. The van der Waals surface area contributed by atoms with Crippen molar-refractivity contribution < 1.29 is 17.9 Å². The summed E-state index contributed by atoms with van der Waals surface area (Å²) in [5, 5.41) is 0.143. The van der Waals surface area contributed by atoms with Crippen LogP contribution in [0.2, 0.25) is 5.02 Å². The lowest BCUT2D eigenvalue weighted by Gasteiger charge is -2.05. The Bertz CT molecular complexity index is 260. The lowest BCUT2D eigenvalue weighted by Crippen LogP contribution is -2.18. The molecule has 66 valence electrons. The summed E-state index contributed by atoms with van der Waals surface area (Å²) in [6.07, 6.45) is -2.75. The monoisotopic (exact) mass is 198 g/mol. The average Bonchev–Trinajstić information content (AvgIpc) is 1.91. The minimum Gasteiger partial charge on any atom is -0.371 e. The largest absolute Gasteiger partial charge is 0.575 e. The van der Waals surface area contributed by atoms with Gasteiger partial charge in [-0.05, 0) is 0 Å². The molecule has 0 spiro atoms. The fraction of sp³-hybridized carbons (Fsp3) is 0.200. The van der Waals surface area contributed by atoms with Crippen LogP contribution in [0.3, 0.4) is 0 Å². The third-order valence-electron chi connectivity index (χ3n) is 0.804. The standard InChI is InChI=1S/C5H2ClF3N2O/c6-3-1-10-4(11-2-3)12-5(7,8)9/h1-2H. The predicted octanol–water partition coefficient (Wildman–Crippen LogP) is 2.03. The first-order chi connectivity index (χ1) is 5.47. The van der Waals surface area contributed by atoms with Gasteiger partial charge in [-0.1, -0.05) is 11.6 Å². The van der Waals surface area contributed by atoms with Crippen molar-refractivity contribution in [2.24, 2.45) is 0 Å². The molecule has 0 saturated heterocycles. The molecule has 1 aromatic rings. The van der Waals surface area contributed by atoms with E-state index in [1.165, 1.54) is 0 Å². The van der Waals surface area contributed by atoms with Crippen molar-refractivity contribution >= 4 is 11.6 Å². The minimum absolute atomic E-state index is 0.143. The lowest BCUT2D eigenvalue weighted by atomic mass is 10.7.